The van der Waals surface area contributed by atoms with E-state index < -0.39 is 12.0 Å². The van der Waals surface area contributed by atoms with Gasteiger partial charge in [0.2, 0.25) is 0 Å². The third kappa shape index (κ3) is 3.10. The highest BCUT2D eigenvalue weighted by molar-refractivity contribution is 5.68. The highest BCUT2D eigenvalue weighted by Crippen LogP contribution is 2.33. The van der Waals surface area contributed by atoms with Crippen molar-refractivity contribution in [1.82, 2.24) is 0 Å². The van der Waals surface area contributed by atoms with E-state index in [-0.39, 0.29) is 6.42 Å². The number of aliphatic carboxylic acids is 1. The molecule has 0 aliphatic rings. The maximum Gasteiger partial charge on any atom is 0.305 e. The zero-order chi connectivity index (χ0) is 13.0. The Kier molecular flexibility index (Phi) is 4.34. The molecule has 3 N–H and O–H groups in total. The molecule has 0 radical (unpaired) electrons. The normalized spacial score (nSPS) is 12.0. The number of benzene rings is 1. The van der Waals surface area contributed by atoms with Crippen LogP contribution in [0.25, 0.3) is 0 Å². The highest BCUT2D eigenvalue weighted by Gasteiger charge is 2.18. The summed E-state index contributed by atoms with van der Waals surface area (Å²) in [6, 6.07) is 2.91. The first kappa shape index (κ1) is 13.3. The molecule has 0 fully saturated rings. The van der Waals surface area contributed by atoms with Crippen LogP contribution in [0.15, 0.2) is 12.1 Å². The second-order valence-corrected chi connectivity index (χ2v) is 3.77. The number of ether oxygens (including phenoxy) is 2. The summed E-state index contributed by atoms with van der Waals surface area (Å²) in [4.78, 5) is 10.7. The molecule has 1 unspecified atom stereocenters. The fourth-order valence-corrected chi connectivity index (χ4v) is 1.74. The van der Waals surface area contributed by atoms with Crippen molar-refractivity contribution in [2.24, 2.45) is 5.73 Å². The minimum atomic E-state index is -0.944. The number of carboxylic acid groups (broad SMARTS) is 1. The average Bonchev–Trinajstić information content (AvgIpc) is 2.26. The lowest BCUT2D eigenvalue weighted by atomic mass is 10.00. The maximum atomic E-state index is 10.7. The third-order valence-corrected chi connectivity index (χ3v) is 2.51. The van der Waals surface area contributed by atoms with Gasteiger partial charge in [-0.05, 0) is 24.6 Å². The summed E-state index contributed by atoms with van der Waals surface area (Å²) in [5.74, 6) is 0.304. The molecular formula is C12H17NO4. The Balaban J connectivity index is 3.18. The van der Waals surface area contributed by atoms with Crippen LogP contribution in [0.4, 0.5) is 0 Å². The van der Waals surface area contributed by atoms with Crippen molar-refractivity contribution in [1.29, 1.82) is 0 Å². The zero-order valence-corrected chi connectivity index (χ0v) is 10.2. The molecule has 0 aliphatic heterocycles. The maximum absolute atomic E-state index is 10.7. The van der Waals surface area contributed by atoms with Gasteiger partial charge in [-0.1, -0.05) is 0 Å². The van der Waals surface area contributed by atoms with Crippen molar-refractivity contribution >= 4 is 5.97 Å². The molecule has 94 valence electrons. The Morgan fingerprint density at radius 1 is 1.41 bits per heavy atom. The molecule has 1 aromatic carbocycles. The van der Waals surface area contributed by atoms with E-state index in [4.69, 9.17) is 20.3 Å². The van der Waals surface area contributed by atoms with E-state index >= 15 is 0 Å². The van der Waals surface area contributed by atoms with Gasteiger partial charge < -0.3 is 20.3 Å². The standard InChI is InChI=1S/C12H17NO4/c1-7-4-8(16-2)5-9(12(7)17-3)10(13)6-11(14)15/h4-5,10H,6,13H2,1-3H3,(H,14,15). The van der Waals surface area contributed by atoms with Crippen molar-refractivity contribution in [3.63, 3.8) is 0 Å². The van der Waals surface area contributed by atoms with Gasteiger partial charge >= 0.3 is 5.97 Å². The third-order valence-electron chi connectivity index (χ3n) is 2.51. The number of hydrogen-bond donors (Lipinski definition) is 2. The monoisotopic (exact) mass is 239 g/mol. The van der Waals surface area contributed by atoms with E-state index in [1.807, 2.05) is 13.0 Å². The van der Waals surface area contributed by atoms with Crippen LogP contribution in [0.3, 0.4) is 0 Å². The molecule has 0 saturated carbocycles. The van der Waals surface area contributed by atoms with E-state index in [0.29, 0.717) is 17.1 Å². The van der Waals surface area contributed by atoms with E-state index in [2.05, 4.69) is 0 Å². The lowest BCUT2D eigenvalue weighted by molar-refractivity contribution is -0.137. The van der Waals surface area contributed by atoms with Crippen LogP contribution in [0.5, 0.6) is 11.5 Å². The summed E-state index contributed by atoms with van der Waals surface area (Å²) in [7, 11) is 3.08. The van der Waals surface area contributed by atoms with Gasteiger partial charge in [0.05, 0.1) is 20.6 Å². The molecule has 0 aromatic heterocycles. The Labute approximate surface area is 100 Å². The molecule has 17 heavy (non-hydrogen) atoms. The average molecular weight is 239 g/mol. The summed E-state index contributed by atoms with van der Waals surface area (Å²) in [5.41, 5.74) is 7.36. The van der Waals surface area contributed by atoms with Gasteiger partial charge in [0.25, 0.3) is 0 Å². The smallest absolute Gasteiger partial charge is 0.305 e. The van der Waals surface area contributed by atoms with Crippen LogP contribution in [-0.4, -0.2) is 25.3 Å². The lowest BCUT2D eigenvalue weighted by Gasteiger charge is -2.17. The molecule has 0 aliphatic carbocycles. The predicted octanol–water partition coefficient (Wildman–Crippen LogP) is 1.49. The van der Waals surface area contributed by atoms with Crippen LogP contribution in [-0.2, 0) is 4.79 Å². The number of carboxylic acids is 1. The van der Waals surface area contributed by atoms with Gasteiger partial charge in [0.15, 0.2) is 0 Å². The zero-order valence-electron chi connectivity index (χ0n) is 10.2. The van der Waals surface area contributed by atoms with Gasteiger partial charge in [0.1, 0.15) is 11.5 Å². The quantitative estimate of drug-likeness (QED) is 0.813. The number of rotatable bonds is 5. The second kappa shape index (κ2) is 5.54. The summed E-state index contributed by atoms with van der Waals surface area (Å²) in [6.07, 6.45) is -0.150. The molecule has 0 spiro atoms. The summed E-state index contributed by atoms with van der Waals surface area (Å²) in [6.45, 7) is 1.86. The second-order valence-electron chi connectivity index (χ2n) is 3.77. The van der Waals surface area contributed by atoms with E-state index in [9.17, 15) is 4.79 Å². The van der Waals surface area contributed by atoms with Crippen molar-refractivity contribution in [2.75, 3.05) is 14.2 Å². The molecule has 0 bridgehead atoms. The number of hydrogen-bond acceptors (Lipinski definition) is 4. The van der Waals surface area contributed by atoms with Crippen LogP contribution in [0, 0.1) is 6.92 Å². The van der Waals surface area contributed by atoms with Crippen LogP contribution >= 0.6 is 0 Å². The largest absolute Gasteiger partial charge is 0.497 e. The Hall–Kier alpha value is -1.75. The van der Waals surface area contributed by atoms with E-state index in [1.165, 1.54) is 7.11 Å². The van der Waals surface area contributed by atoms with E-state index in [1.54, 1.807) is 13.2 Å². The van der Waals surface area contributed by atoms with Gasteiger partial charge in [0, 0.05) is 11.6 Å². The molecule has 1 aromatic rings. The van der Waals surface area contributed by atoms with Crippen LogP contribution in [0.1, 0.15) is 23.6 Å². The number of aryl methyl sites for hydroxylation is 1. The fraction of sp³-hybridized carbons (Fsp3) is 0.417. The van der Waals surface area contributed by atoms with Crippen LogP contribution < -0.4 is 15.2 Å². The summed E-state index contributed by atoms with van der Waals surface area (Å²) >= 11 is 0. The first-order chi connectivity index (χ1) is 7.99. The van der Waals surface area contributed by atoms with Gasteiger partial charge in [-0.15, -0.1) is 0 Å². The van der Waals surface area contributed by atoms with Crippen molar-refractivity contribution in [2.45, 2.75) is 19.4 Å². The molecular weight excluding hydrogens is 222 g/mol. The van der Waals surface area contributed by atoms with Crippen molar-refractivity contribution < 1.29 is 19.4 Å². The first-order valence-electron chi connectivity index (χ1n) is 5.19. The number of nitrogens with two attached hydrogens (primary N) is 1. The molecule has 5 heteroatoms. The molecule has 1 atom stereocenters. The van der Waals surface area contributed by atoms with E-state index in [0.717, 1.165) is 5.56 Å². The Bertz CT molecular complexity index is 417. The molecule has 0 heterocycles. The molecule has 1 rings (SSSR count). The minimum Gasteiger partial charge on any atom is -0.497 e. The Morgan fingerprint density at radius 3 is 2.53 bits per heavy atom. The predicted molar refractivity (Wildman–Crippen MR) is 63.5 cm³/mol. The number of methoxy groups -OCH3 is 2. The van der Waals surface area contributed by atoms with Gasteiger partial charge in [-0.3, -0.25) is 4.79 Å². The van der Waals surface area contributed by atoms with Gasteiger partial charge in [-0.2, -0.15) is 0 Å². The Morgan fingerprint density at radius 2 is 2.06 bits per heavy atom. The fourth-order valence-electron chi connectivity index (χ4n) is 1.74. The summed E-state index contributed by atoms with van der Waals surface area (Å²) in [5, 5.41) is 8.75. The topological polar surface area (TPSA) is 81.8 Å². The van der Waals surface area contributed by atoms with Crippen molar-refractivity contribution in [3.05, 3.63) is 23.3 Å². The summed E-state index contributed by atoms with van der Waals surface area (Å²) < 4.78 is 10.4. The SMILES string of the molecule is COc1cc(C)c(OC)c(C(N)CC(=O)O)c1. The molecule has 0 saturated heterocycles. The molecule has 5 nitrogen and oxygen atoms in total. The van der Waals surface area contributed by atoms with Gasteiger partial charge in [-0.25, -0.2) is 0 Å². The van der Waals surface area contributed by atoms with Crippen LogP contribution in [0.2, 0.25) is 0 Å². The number of carbonyl (C=O) groups is 1. The molecule has 0 amide bonds. The van der Waals surface area contributed by atoms with Crippen molar-refractivity contribution in [3.8, 4) is 11.5 Å². The highest BCUT2D eigenvalue weighted by atomic mass is 16.5. The first-order valence-corrected chi connectivity index (χ1v) is 5.19. The lowest BCUT2D eigenvalue weighted by Crippen LogP contribution is -2.16. The minimum absolute atomic E-state index is 0.150.